The summed E-state index contributed by atoms with van der Waals surface area (Å²) in [6.07, 6.45) is -9.53. The first-order valence-corrected chi connectivity index (χ1v) is 16.4. The van der Waals surface area contributed by atoms with E-state index in [-0.39, 0.29) is 6.61 Å². The van der Waals surface area contributed by atoms with Crippen LogP contribution in [0.25, 0.3) is 0 Å². The Morgan fingerprint density at radius 1 is 0.673 bits per heavy atom. The van der Waals surface area contributed by atoms with E-state index in [4.69, 9.17) is 47.4 Å². The summed E-state index contributed by atoms with van der Waals surface area (Å²) in [6.45, 7) is 5.49. The maximum atomic E-state index is 13.7. The van der Waals surface area contributed by atoms with Gasteiger partial charge in [0.1, 0.15) is 30.5 Å². The highest BCUT2D eigenvalue weighted by molar-refractivity contribution is 5.90. The normalized spacial score (nSPS) is 35.1. The molecule has 4 fully saturated rings. The Kier molecular flexibility index (Phi) is 9.82. The number of benzene rings is 3. The molecule has 0 aromatic heterocycles. The Morgan fingerprint density at radius 2 is 1.24 bits per heavy atom. The van der Waals surface area contributed by atoms with Gasteiger partial charge in [0.2, 0.25) is 0 Å². The van der Waals surface area contributed by atoms with E-state index in [0.717, 1.165) is 5.56 Å². The Balaban J connectivity index is 1.25. The summed E-state index contributed by atoms with van der Waals surface area (Å²) in [5, 5.41) is 0. The number of ether oxygens (including phenoxy) is 10. The first-order chi connectivity index (χ1) is 23.7. The summed E-state index contributed by atoms with van der Waals surface area (Å²) in [7, 11) is 1.53. The molecular formula is C37H40O12. The molecule has 4 heterocycles. The monoisotopic (exact) mass is 676 g/mol. The van der Waals surface area contributed by atoms with Gasteiger partial charge in [-0.1, -0.05) is 66.7 Å². The number of hydrogen-bond donors (Lipinski definition) is 0. The molecule has 49 heavy (non-hydrogen) atoms. The van der Waals surface area contributed by atoms with Gasteiger partial charge in [-0.2, -0.15) is 0 Å². The van der Waals surface area contributed by atoms with Crippen molar-refractivity contribution in [2.45, 2.75) is 94.3 Å². The fourth-order valence-corrected chi connectivity index (χ4v) is 6.67. The maximum Gasteiger partial charge on any atom is 0.338 e. The number of hydrogen-bond acceptors (Lipinski definition) is 12. The number of carbonyl (C=O) groups excluding carboxylic acids is 2. The van der Waals surface area contributed by atoms with Crippen molar-refractivity contribution in [1.82, 2.24) is 0 Å². The van der Waals surface area contributed by atoms with Crippen molar-refractivity contribution >= 4 is 11.9 Å². The van der Waals surface area contributed by atoms with Crippen LogP contribution in [-0.4, -0.2) is 92.9 Å². The van der Waals surface area contributed by atoms with Crippen LogP contribution in [-0.2, 0) is 47.4 Å². The van der Waals surface area contributed by atoms with Crippen LogP contribution in [0.1, 0.15) is 53.3 Å². The van der Waals surface area contributed by atoms with Gasteiger partial charge in [-0.15, -0.1) is 0 Å². The van der Waals surface area contributed by atoms with Crippen LogP contribution in [0.3, 0.4) is 0 Å². The molecule has 12 heteroatoms. The van der Waals surface area contributed by atoms with E-state index in [1.165, 1.54) is 7.11 Å². The van der Waals surface area contributed by atoms with Gasteiger partial charge in [0.05, 0.1) is 23.8 Å². The van der Waals surface area contributed by atoms with Gasteiger partial charge in [0.15, 0.2) is 36.9 Å². The van der Waals surface area contributed by atoms with Crippen LogP contribution >= 0.6 is 0 Å². The molecule has 3 aromatic rings. The Morgan fingerprint density at radius 3 is 1.86 bits per heavy atom. The SMILES string of the molecule is CO[C@@H]1O[C@@H](C)[C@H](O[C@H]2O[C@@H]3COC(c4ccccc4)O[C@H]3[C@H](OC(=O)c3ccccc3)[C@@H]2OC(=O)c2ccccc2)[C@H]2OC(C)(C)O[C@@H]12. The second-order valence-electron chi connectivity index (χ2n) is 12.8. The molecule has 0 amide bonds. The minimum absolute atomic E-state index is 0.0734. The lowest BCUT2D eigenvalue weighted by molar-refractivity contribution is -0.377. The van der Waals surface area contributed by atoms with E-state index in [0.29, 0.717) is 11.1 Å². The molecule has 0 aliphatic carbocycles. The van der Waals surface area contributed by atoms with Crippen LogP contribution in [0.5, 0.6) is 0 Å². The molecule has 0 spiro atoms. The molecule has 0 radical (unpaired) electrons. The Bertz CT molecular complexity index is 1570. The van der Waals surface area contributed by atoms with Crippen molar-refractivity contribution in [3.05, 3.63) is 108 Å². The predicted octanol–water partition coefficient (Wildman–Crippen LogP) is 4.57. The van der Waals surface area contributed by atoms with Crippen molar-refractivity contribution in [3.63, 3.8) is 0 Å². The van der Waals surface area contributed by atoms with Crippen LogP contribution in [0.4, 0.5) is 0 Å². The molecule has 4 aliphatic heterocycles. The summed E-state index contributed by atoms with van der Waals surface area (Å²) in [4.78, 5) is 27.4. The number of rotatable bonds is 8. The molecule has 3 aromatic carbocycles. The number of carbonyl (C=O) groups is 2. The highest BCUT2D eigenvalue weighted by Gasteiger charge is 2.59. The predicted molar refractivity (Wildman–Crippen MR) is 170 cm³/mol. The molecule has 260 valence electrons. The third-order valence-electron chi connectivity index (χ3n) is 8.95. The molecule has 11 atom stereocenters. The zero-order valence-electron chi connectivity index (χ0n) is 27.6. The lowest BCUT2D eigenvalue weighted by Crippen LogP contribution is -2.66. The lowest BCUT2D eigenvalue weighted by atomic mass is 9.95. The fraction of sp³-hybridized carbons (Fsp3) is 0.459. The zero-order valence-corrected chi connectivity index (χ0v) is 27.6. The van der Waals surface area contributed by atoms with Crippen molar-refractivity contribution in [2.24, 2.45) is 0 Å². The quantitative estimate of drug-likeness (QED) is 0.310. The summed E-state index contributed by atoms with van der Waals surface area (Å²) >= 11 is 0. The average molecular weight is 677 g/mol. The van der Waals surface area contributed by atoms with Crippen molar-refractivity contribution in [3.8, 4) is 0 Å². The van der Waals surface area contributed by atoms with Gasteiger partial charge in [-0.05, 0) is 45.0 Å². The van der Waals surface area contributed by atoms with Crippen LogP contribution in [0.2, 0.25) is 0 Å². The molecule has 1 unspecified atom stereocenters. The first-order valence-electron chi connectivity index (χ1n) is 16.4. The molecule has 0 bridgehead atoms. The number of fused-ring (bicyclic) bond motifs is 2. The summed E-state index contributed by atoms with van der Waals surface area (Å²) < 4.78 is 62.4. The molecule has 0 N–H and O–H groups in total. The van der Waals surface area contributed by atoms with E-state index in [1.54, 1.807) is 74.5 Å². The van der Waals surface area contributed by atoms with Crippen molar-refractivity contribution < 1.29 is 57.0 Å². The van der Waals surface area contributed by atoms with E-state index >= 15 is 0 Å². The summed E-state index contributed by atoms with van der Waals surface area (Å²) in [6, 6.07) is 26.4. The molecule has 12 nitrogen and oxygen atoms in total. The van der Waals surface area contributed by atoms with Crippen LogP contribution < -0.4 is 0 Å². The van der Waals surface area contributed by atoms with Crippen LogP contribution in [0, 0.1) is 0 Å². The molecule has 4 saturated heterocycles. The molecule has 7 rings (SSSR count). The van der Waals surface area contributed by atoms with E-state index in [9.17, 15) is 9.59 Å². The van der Waals surface area contributed by atoms with Crippen molar-refractivity contribution in [1.29, 1.82) is 0 Å². The van der Waals surface area contributed by atoms with Gasteiger partial charge >= 0.3 is 11.9 Å². The second-order valence-corrected chi connectivity index (χ2v) is 12.8. The fourth-order valence-electron chi connectivity index (χ4n) is 6.67. The van der Waals surface area contributed by atoms with Gasteiger partial charge in [0, 0.05) is 12.7 Å². The van der Waals surface area contributed by atoms with E-state index < -0.39 is 85.4 Å². The third-order valence-corrected chi connectivity index (χ3v) is 8.95. The van der Waals surface area contributed by atoms with E-state index in [1.807, 2.05) is 37.3 Å². The Labute approximate surface area is 284 Å². The van der Waals surface area contributed by atoms with Gasteiger partial charge < -0.3 is 47.4 Å². The van der Waals surface area contributed by atoms with Gasteiger partial charge in [0.25, 0.3) is 0 Å². The highest BCUT2D eigenvalue weighted by atomic mass is 16.8. The summed E-state index contributed by atoms with van der Waals surface area (Å²) in [5.74, 6) is -2.26. The largest absolute Gasteiger partial charge is 0.452 e. The van der Waals surface area contributed by atoms with E-state index in [2.05, 4.69) is 0 Å². The smallest absolute Gasteiger partial charge is 0.338 e. The van der Waals surface area contributed by atoms with Crippen LogP contribution in [0.15, 0.2) is 91.0 Å². The summed E-state index contributed by atoms with van der Waals surface area (Å²) in [5.41, 5.74) is 1.36. The molecule has 0 saturated carbocycles. The minimum atomic E-state index is -1.29. The molecular weight excluding hydrogens is 636 g/mol. The topological polar surface area (TPSA) is 126 Å². The number of methoxy groups -OCH3 is 1. The molecule has 4 aliphatic rings. The van der Waals surface area contributed by atoms with Crippen molar-refractivity contribution in [2.75, 3.05) is 13.7 Å². The first kappa shape index (κ1) is 33.8. The average Bonchev–Trinajstić information content (AvgIpc) is 3.46. The number of esters is 2. The standard InChI is InChI=1S/C37H40O12/c1-21-26(29-31(35(40-4)42-21)49-37(2,3)48-29)46-36-30(45-33(39)23-16-10-6-11-17-23)28(44-32(38)22-14-8-5-9-15-22)27-25(43-36)20-41-34(47-27)24-18-12-7-13-19-24/h5-19,21,25-31,34-36H,20H2,1-4H3/t21-,25+,26-,27+,28-,29+,30-,31+,34?,35+,36+/m0/s1. The van der Waals surface area contributed by atoms with Gasteiger partial charge in [-0.3, -0.25) is 0 Å². The maximum absolute atomic E-state index is 13.7. The highest BCUT2D eigenvalue weighted by Crippen LogP contribution is 2.42. The Hall–Kier alpha value is -3.72. The zero-order chi connectivity index (χ0) is 34.1. The minimum Gasteiger partial charge on any atom is -0.452 e. The third kappa shape index (κ3) is 7.14. The van der Waals surface area contributed by atoms with Gasteiger partial charge in [-0.25, -0.2) is 9.59 Å². The lowest BCUT2D eigenvalue weighted by Gasteiger charge is -2.49. The second kappa shape index (κ2) is 14.3.